The van der Waals surface area contributed by atoms with Gasteiger partial charge in [0, 0.05) is 51.5 Å². The van der Waals surface area contributed by atoms with E-state index < -0.39 is 0 Å². The summed E-state index contributed by atoms with van der Waals surface area (Å²) in [4.78, 5) is 29.4. The molecule has 3 fully saturated rings. The van der Waals surface area contributed by atoms with Crippen LogP contribution in [0.15, 0.2) is 24.3 Å². The monoisotopic (exact) mass is 455 g/mol. The standard InChI is InChI=1S/C27H41N3O3/c1-3-4-15-28-25(31)24-11-9-23(10-12-24)19-30-20-27(33-26(30)32)13-16-29(17-14-27)18-22-7-5-21(2)6-8-22/h5-8,23-24H,3-4,9-20H2,1-2H3,(H,28,31). The number of nitrogens with zero attached hydrogens (tertiary/aromatic N) is 2. The molecule has 0 unspecified atom stereocenters. The van der Waals surface area contributed by atoms with E-state index in [9.17, 15) is 9.59 Å². The van der Waals surface area contributed by atoms with E-state index >= 15 is 0 Å². The lowest BCUT2D eigenvalue weighted by Gasteiger charge is -2.37. The Hall–Kier alpha value is -2.08. The molecular formula is C27H41N3O3. The molecule has 6 heteroatoms. The first-order valence-electron chi connectivity index (χ1n) is 13.0. The third kappa shape index (κ3) is 6.28. The van der Waals surface area contributed by atoms with Crippen LogP contribution >= 0.6 is 0 Å². The second-order valence-electron chi connectivity index (χ2n) is 10.6. The number of hydrogen-bond acceptors (Lipinski definition) is 4. The Morgan fingerprint density at radius 1 is 1.12 bits per heavy atom. The van der Waals surface area contributed by atoms with Gasteiger partial charge in [0.1, 0.15) is 5.60 Å². The minimum atomic E-state index is -0.308. The van der Waals surface area contributed by atoms with Crippen molar-refractivity contribution in [2.45, 2.75) is 77.4 Å². The van der Waals surface area contributed by atoms with Gasteiger partial charge in [-0.3, -0.25) is 9.69 Å². The van der Waals surface area contributed by atoms with Gasteiger partial charge in [0.05, 0.1) is 6.54 Å². The maximum Gasteiger partial charge on any atom is 0.410 e. The number of amides is 2. The molecule has 4 rings (SSSR count). The molecular weight excluding hydrogens is 414 g/mol. The minimum absolute atomic E-state index is 0.138. The van der Waals surface area contributed by atoms with Gasteiger partial charge in [-0.15, -0.1) is 0 Å². The summed E-state index contributed by atoms with van der Waals surface area (Å²) in [6.45, 7) is 9.44. The molecule has 1 spiro atoms. The van der Waals surface area contributed by atoms with Gasteiger partial charge in [-0.25, -0.2) is 4.79 Å². The van der Waals surface area contributed by atoms with E-state index in [2.05, 4.69) is 48.3 Å². The number of benzene rings is 1. The van der Waals surface area contributed by atoms with E-state index in [1.165, 1.54) is 11.1 Å². The lowest BCUT2D eigenvalue weighted by Crippen LogP contribution is -2.46. The van der Waals surface area contributed by atoms with E-state index in [0.29, 0.717) is 5.92 Å². The van der Waals surface area contributed by atoms with Crippen LogP contribution in [0.3, 0.4) is 0 Å². The lowest BCUT2D eigenvalue weighted by atomic mass is 9.81. The van der Waals surface area contributed by atoms with Crippen LogP contribution in [0, 0.1) is 18.8 Å². The van der Waals surface area contributed by atoms with E-state index in [1.807, 2.05) is 4.90 Å². The molecule has 2 heterocycles. The van der Waals surface area contributed by atoms with Crippen molar-refractivity contribution in [3.8, 4) is 0 Å². The van der Waals surface area contributed by atoms with Crippen LogP contribution in [-0.2, 0) is 16.1 Å². The number of rotatable bonds is 8. The molecule has 2 amide bonds. The van der Waals surface area contributed by atoms with Crippen molar-refractivity contribution in [1.82, 2.24) is 15.1 Å². The quantitative estimate of drug-likeness (QED) is 0.586. The molecule has 0 aromatic heterocycles. The summed E-state index contributed by atoms with van der Waals surface area (Å²) in [5.41, 5.74) is 2.33. The number of hydrogen-bond donors (Lipinski definition) is 1. The highest BCUT2D eigenvalue weighted by atomic mass is 16.6. The average Bonchev–Trinajstić information content (AvgIpc) is 3.12. The molecule has 2 aliphatic heterocycles. The molecule has 1 aromatic rings. The van der Waals surface area contributed by atoms with Gasteiger partial charge < -0.3 is 15.0 Å². The van der Waals surface area contributed by atoms with E-state index in [1.54, 1.807) is 0 Å². The highest BCUT2D eigenvalue weighted by Crippen LogP contribution is 2.36. The summed E-state index contributed by atoms with van der Waals surface area (Å²) in [7, 11) is 0. The number of ether oxygens (including phenoxy) is 1. The van der Waals surface area contributed by atoms with Crippen LogP contribution in [0.4, 0.5) is 4.79 Å². The predicted molar refractivity (Wildman–Crippen MR) is 130 cm³/mol. The summed E-state index contributed by atoms with van der Waals surface area (Å²) in [6.07, 6.45) is 7.74. The fourth-order valence-electron chi connectivity index (χ4n) is 5.62. The Bertz CT molecular complexity index is 793. The fraction of sp³-hybridized carbons (Fsp3) is 0.704. The van der Waals surface area contributed by atoms with Crippen LogP contribution in [-0.4, -0.2) is 60.1 Å². The highest BCUT2D eigenvalue weighted by Gasteiger charge is 2.47. The molecule has 1 aliphatic carbocycles. The minimum Gasteiger partial charge on any atom is -0.441 e. The molecule has 1 aromatic carbocycles. The Kier molecular flexibility index (Phi) is 7.94. The van der Waals surface area contributed by atoms with Crippen LogP contribution in [0.1, 0.15) is 69.4 Å². The summed E-state index contributed by atoms with van der Waals surface area (Å²) in [5, 5.41) is 3.08. The molecule has 33 heavy (non-hydrogen) atoms. The van der Waals surface area contributed by atoms with E-state index in [4.69, 9.17) is 4.74 Å². The van der Waals surface area contributed by atoms with Crippen LogP contribution in [0.2, 0.25) is 0 Å². The zero-order chi connectivity index (χ0) is 23.3. The SMILES string of the molecule is CCCCNC(=O)C1CCC(CN2CC3(CCN(Cc4ccc(C)cc4)CC3)OC2=O)CC1. The zero-order valence-electron chi connectivity index (χ0n) is 20.5. The second-order valence-corrected chi connectivity index (χ2v) is 10.6. The van der Waals surface area contributed by atoms with Gasteiger partial charge in [0.15, 0.2) is 0 Å². The van der Waals surface area contributed by atoms with E-state index in [0.717, 1.165) is 90.6 Å². The molecule has 182 valence electrons. The lowest BCUT2D eigenvalue weighted by molar-refractivity contribution is -0.126. The first kappa shape index (κ1) is 24.1. The third-order valence-corrected chi connectivity index (χ3v) is 7.86. The molecule has 1 N–H and O–H groups in total. The molecule has 0 radical (unpaired) electrons. The largest absolute Gasteiger partial charge is 0.441 e. The summed E-state index contributed by atoms with van der Waals surface area (Å²) in [5.74, 6) is 0.848. The zero-order valence-corrected chi connectivity index (χ0v) is 20.5. The van der Waals surface area contributed by atoms with E-state index in [-0.39, 0.29) is 23.5 Å². The van der Waals surface area contributed by atoms with Crippen molar-refractivity contribution in [2.75, 3.05) is 32.7 Å². The Balaban J connectivity index is 1.20. The van der Waals surface area contributed by atoms with Crippen molar-refractivity contribution in [3.05, 3.63) is 35.4 Å². The number of nitrogens with one attached hydrogen (secondary N) is 1. The van der Waals surface area contributed by atoms with Crippen molar-refractivity contribution >= 4 is 12.0 Å². The van der Waals surface area contributed by atoms with Crippen molar-refractivity contribution in [1.29, 1.82) is 0 Å². The topological polar surface area (TPSA) is 61.9 Å². The van der Waals surface area contributed by atoms with Crippen LogP contribution < -0.4 is 5.32 Å². The molecule has 2 saturated heterocycles. The normalized spacial score (nSPS) is 25.3. The average molecular weight is 456 g/mol. The molecule has 6 nitrogen and oxygen atoms in total. The summed E-state index contributed by atoms with van der Waals surface area (Å²) >= 11 is 0. The Labute approximate surface area is 199 Å². The maximum absolute atomic E-state index is 12.7. The first-order valence-corrected chi connectivity index (χ1v) is 13.0. The first-order chi connectivity index (χ1) is 16.0. The summed E-state index contributed by atoms with van der Waals surface area (Å²) < 4.78 is 5.97. The number of unbranched alkanes of at least 4 members (excludes halogenated alkanes) is 1. The Morgan fingerprint density at radius 2 is 1.82 bits per heavy atom. The van der Waals surface area contributed by atoms with Gasteiger partial charge in [-0.1, -0.05) is 43.2 Å². The van der Waals surface area contributed by atoms with Crippen LogP contribution in [0.25, 0.3) is 0 Å². The highest BCUT2D eigenvalue weighted by molar-refractivity contribution is 5.78. The van der Waals surface area contributed by atoms with Crippen molar-refractivity contribution in [2.24, 2.45) is 11.8 Å². The van der Waals surface area contributed by atoms with Gasteiger partial charge in [-0.05, 0) is 50.5 Å². The fourth-order valence-corrected chi connectivity index (χ4v) is 5.62. The number of piperidine rings is 1. The molecule has 0 atom stereocenters. The molecule has 1 saturated carbocycles. The molecule has 3 aliphatic rings. The number of carbonyl (C=O) groups is 2. The van der Waals surface area contributed by atoms with Gasteiger partial charge in [-0.2, -0.15) is 0 Å². The number of likely N-dealkylation sites (tertiary alicyclic amines) is 1. The summed E-state index contributed by atoms with van der Waals surface area (Å²) in [6, 6.07) is 8.76. The Morgan fingerprint density at radius 3 is 2.48 bits per heavy atom. The smallest absolute Gasteiger partial charge is 0.410 e. The van der Waals surface area contributed by atoms with Gasteiger partial charge in [0.25, 0.3) is 0 Å². The third-order valence-electron chi connectivity index (χ3n) is 7.86. The number of carbonyl (C=O) groups excluding carboxylic acids is 2. The predicted octanol–water partition coefficient (Wildman–Crippen LogP) is 4.50. The second kappa shape index (κ2) is 10.9. The van der Waals surface area contributed by atoms with Crippen molar-refractivity contribution in [3.63, 3.8) is 0 Å². The van der Waals surface area contributed by atoms with Crippen LogP contribution in [0.5, 0.6) is 0 Å². The van der Waals surface area contributed by atoms with Gasteiger partial charge >= 0.3 is 6.09 Å². The van der Waals surface area contributed by atoms with Gasteiger partial charge in [0.2, 0.25) is 5.91 Å². The maximum atomic E-state index is 12.7. The number of aryl methyl sites for hydroxylation is 1. The van der Waals surface area contributed by atoms with Crippen molar-refractivity contribution < 1.29 is 14.3 Å². The molecule has 0 bridgehead atoms.